The molecule has 1 aromatic heterocycles. The average Bonchev–Trinajstić information content (AvgIpc) is 2.70. The fourth-order valence-corrected chi connectivity index (χ4v) is 1.94. The summed E-state index contributed by atoms with van der Waals surface area (Å²) in [6, 6.07) is 8.75. The number of furan rings is 1. The van der Waals surface area contributed by atoms with Crippen molar-refractivity contribution < 1.29 is 8.81 Å². The maximum absolute atomic E-state index is 13.1. The Bertz CT molecular complexity index is 524. The van der Waals surface area contributed by atoms with E-state index in [9.17, 15) is 4.39 Å². The lowest BCUT2D eigenvalue weighted by Crippen LogP contribution is -2.05. The Morgan fingerprint density at radius 1 is 1.29 bits per heavy atom. The first-order chi connectivity index (χ1) is 8.06. The fourth-order valence-electron chi connectivity index (χ4n) is 1.62. The molecule has 0 fully saturated rings. The first-order valence-electron chi connectivity index (χ1n) is 5.34. The van der Waals surface area contributed by atoms with E-state index in [1.807, 2.05) is 19.1 Å². The molecule has 0 amide bonds. The van der Waals surface area contributed by atoms with Crippen molar-refractivity contribution in [2.24, 2.45) is 0 Å². The third-order valence-corrected chi connectivity index (χ3v) is 2.99. The summed E-state index contributed by atoms with van der Waals surface area (Å²) in [5, 5.41) is 3.26. The number of halogens is 2. The Kier molecular flexibility index (Phi) is 3.52. The lowest BCUT2D eigenvalue weighted by Gasteiger charge is -2.13. The SMILES string of the molecule is Cc1cc(NC(C)c2ccc(Br)o2)ccc1F. The van der Waals surface area contributed by atoms with Crippen LogP contribution in [0.3, 0.4) is 0 Å². The van der Waals surface area contributed by atoms with Crippen molar-refractivity contribution in [2.45, 2.75) is 19.9 Å². The van der Waals surface area contributed by atoms with Gasteiger partial charge in [0.25, 0.3) is 0 Å². The Labute approximate surface area is 108 Å². The lowest BCUT2D eigenvalue weighted by molar-refractivity contribution is 0.471. The van der Waals surface area contributed by atoms with Crippen molar-refractivity contribution in [1.29, 1.82) is 0 Å². The highest BCUT2D eigenvalue weighted by Gasteiger charge is 2.10. The molecule has 0 aliphatic rings. The van der Waals surface area contributed by atoms with Gasteiger partial charge in [-0.3, -0.25) is 0 Å². The minimum atomic E-state index is -0.191. The molecule has 1 atom stereocenters. The van der Waals surface area contributed by atoms with Crippen LogP contribution in [0.4, 0.5) is 10.1 Å². The molecule has 0 radical (unpaired) electrons. The number of benzene rings is 1. The lowest BCUT2D eigenvalue weighted by atomic mass is 10.2. The summed E-state index contributed by atoms with van der Waals surface area (Å²) in [6.07, 6.45) is 0. The highest BCUT2D eigenvalue weighted by molar-refractivity contribution is 9.10. The Morgan fingerprint density at radius 2 is 2.06 bits per heavy atom. The zero-order chi connectivity index (χ0) is 12.4. The molecule has 0 saturated carbocycles. The second-order valence-electron chi connectivity index (χ2n) is 3.97. The van der Waals surface area contributed by atoms with Crippen molar-refractivity contribution in [2.75, 3.05) is 5.32 Å². The van der Waals surface area contributed by atoms with E-state index in [-0.39, 0.29) is 11.9 Å². The summed E-state index contributed by atoms with van der Waals surface area (Å²) in [7, 11) is 0. The average molecular weight is 298 g/mol. The minimum Gasteiger partial charge on any atom is -0.452 e. The van der Waals surface area contributed by atoms with Crippen molar-refractivity contribution >= 4 is 21.6 Å². The quantitative estimate of drug-likeness (QED) is 0.891. The molecule has 2 aromatic rings. The van der Waals surface area contributed by atoms with E-state index in [1.54, 1.807) is 19.1 Å². The largest absolute Gasteiger partial charge is 0.452 e. The highest BCUT2D eigenvalue weighted by atomic mass is 79.9. The van der Waals surface area contributed by atoms with Gasteiger partial charge in [0.1, 0.15) is 11.6 Å². The molecule has 1 heterocycles. The van der Waals surface area contributed by atoms with Crippen LogP contribution >= 0.6 is 15.9 Å². The predicted molar refractivity (Wildman–Crippen MR) is 69.6 cm³/mol. The van der Waals surface area contributed by atoms with Gasteiger partial charge in [-0.05, 0) is 65.7 Å². The van der Waals surface area contributed by atoms with Crippen molar-refractivity contribution in [1.82, 2.24) is 0 Å². The normalized spacial score (nSPS) is 12.5. The van der Waals surface area contributed by atoms with Crippen LogP contribution in [0.25, 0.3) is 0 Å². The number of hydrogen-bond acceptors (Lipinski definition) is 2. The molecule has 1 N–H and O–H groups in total. The van der Waals surface area contributed by atoms with Gasteiger partial charge in [-0.2, -0.15) is 0 Å². The van der Waals surface area contributed by atoms with Crippen molar-refractivity contribution in [3.05, 3.63) is 52.1 Å². The van der Waals surface area contributed by atoms with Crippen LogP contribution in [0.15, 0.2) is 39.4 Å². The van der Waals surface area contributed by atoms with Gasteiger partial charge in [0, 0.05) is 5.69 Å². The van der Waals surface area contributed by atoms with E-state index in [1.165, 1.54) is 6.07 Å². The van der Waals surface area contributed by atoms with Crippen molar-refractivity contribution in [3.63, 3.8) is 0 Å². The van der Waals surface area contributed by atoms with Crippen LogP contribution in [0.1, 0.15) is 24.3 Å². The van der Waals surface area contributed by atoms with Gasteiger partial charge in [0.2, 0.25) is 0 Å². The van der Waals surface area contributed by atoms with Crippen LogP contribution < -0.4 is 5.32 Å². The van der Waals surface area contributed by atoms with Crippen LogP contribution in [0.5, 0.6) is 0 Å². The topological polar surface area (TPSA) is 25.2 Å². The molecule has 0 bridgehead atoms. The Morgan fingerprint density at radius 3 is 2.65 bits per heavy atom. The monoisotopic (exact) mass is 297 g/mol. The first-order valence-corrected chi connectivity index (χ1v) is 6.13. The molecule has 17 heavy (non-hydrogen) atoms. The third kappa shape index (κ3) is 2.88. The van der Waals surface area contributed by atoms with Gasteiger partial charge in [-0.1, -0.05) is 0 Å². The molecular formula is C13H13BrFNO. The number of anilines is 1. The van der Waals surface area contributed by atoms with Gasteiger partial charge >= 0.3 is 0 Å². The van der Waals surface area contributed by atoms with Crippen LogP contribution in [0.2, 0.25) is 0 Å². The summed E-state index contributed by atoms with van der Waals surface area (Å²) in [4.78, 5) is 0. The number of hydrogen-bond donors (Lipinski definition) is 1. The van der Waals surface area contributed by atoms with Crippen LogP contribution in [-0.4, -0.2) is 0 Å². The van der Waals surface area contributed by atoms with Gasteiger partial charge < -0.3 is 9.73 Å². The highest BCUT2D eigenvalue weighted by Crippen LogP contribution is 2.24. The molecule has 1 aromatic carbocycles. The van der Waals surface area contributed by atoms with Crippen molar-refractivity contribution in [3.8, 4) is 0 Å². The fraction of sp³-hybridized carbons (Fsp3) is 0.231. The summed E-state index contributed by atoms with van der Waals surface area (Å²) in [5.74, 6) is 0.641. The molecule has 2 rings (SSSR count). The summed E-state index contributed by atoms with van der Waals surface area (Å²) in [5.41, 5.74) is 1.51. The van der Waals surface area contributed by atoms with Gasteiger partial charge in [0.15, 0.2) is 4.67 Å². The summed E-state index contributed by atoms with van der Waals surface area (Å²) in [6.45, 7) is 3.73. The first kappa shape index (κ1) is 12.2. The maximum Gasteiger partial charge on any atom is 0.169 e. The molecule has 1 unspecified atom stereocenters. The predicted octanol–water partition coefficient (Wildman–Crippen LogP) is 4.66. The second kappa shape index (κ2) is 4.92. The standard InChI is InChI=1S/C13H13BrFNO/c1-8-7-10(3-4-11(8)15)16-9(2)12-5-6-13(14)17-12/h3-7,9,16H,1-2H3. The number of nitrogens with one attached hydrogen (secondary N) is 1. The van der Waals surface area contributed by atoms with E-state index >= 15 is 0 Å². The molecular weight excluding hydrogens is 285 g/mol. The Hall–Kier alpha value is -1.29. The maximum atomic E-state index is 13.1. The summed E-state index contributed by atoms with van der Waals surface area (Å²) < 4.78 is 19.3. The molecule has 0 saturated heterocycles. The smallest absolute Gasteiger partial charge is 0.169 e. The van der Waals surface area contributed by atoms with E-state index in [4.69, 9.17) is 4.42 Å². The molecule has 4 heteroatoms. The third-order valence-electron chi connectivity index (χ3n) is 2.56. The van der Waals surface area contributed by atoms with E-state index in [0.717, 1.165) is 11.4 Å². The van der Waals surface area contributed by atoms with E-state index < -0.39 is 0 Å². The second-order valence-corrected chi connectivity index (χ2v) is 4.75. The molecule has 0 spiro atoms. The molecule has 2 nitrogen and oxygen atoms in total. The molecule has 90 valence electrons. The summed E-state index contributed by atoms with van der Waals surface area (Å²) >= 11 is 3.26. The van der Waals surface area contributed by atoms with Gasteiger partial charge in [-0.25, -0.2) is 4.39 Å². The van der Waals surface area contributed by atoms with Gasteiger partial charge in [-0.15, -0.1) is 0 Å². The van der Waals surface area contributed by atoms with E-state index in [0.29, 0.717) is 10.2 Å². The Balaban J connectivity index is 2.12. The van der Waals surface area contributed by atoms with Crippen LogP contribution in [0, 0.1) is 12.7 Å². The number of aryl methyl sites for hydroxylation is 1. The zero-order valence-corrected chi connectivity index (χ0v) is 11.2. The van der Waals surface area contributed by atoms with Gasteiger partial charge in [0.05, 0.1) is 6.04 Å². The van der Waals surface area contributed by atoms with E-state index in [2.05, 4.69) is 21.2 Å². The minimum absolute atomic E-state index is 0.0335. The van der Waals surface area contributed by atoms with Crippen LogP contribution in [-0.2, 0) is 0 Å². The molecule has 0 aliphatic heterocycles. The zero-order valence-electron chi connectivity index (χ0n) is 9.63. The number of rotatable bonds is 3. The molecule has 0 aliphatic carbocycles.